The van der Waals surface area contributed by atoms with Crippen molar-refractivity contribution in [3.8, 4) is 0 Å². The fourth-order valence-corrected chi connectivity index (χ4v) is 1.24. The molecule has 0 aliphatic heterocycles. The number of ether oxygens (including phenoxy) is 2. The van der Waals surface area contributed by atoms with E-state index in [9.17, 15) is 14.4 Å². The Balaban J connectivity index is 3.43. The lowest BCUT2D eigenvalue weighted by Gasteiger charge is -2.10. The van der Waals surface area contributed by atoms with Crippen LogP contribution in [0.15, 0.2) is 16.9 Å². The van der Waals surface area contributed by atoms with Crippen molar-refractivity contribution >= 4 is 11.9 Å². The second-order valence-corrected chi connectivity index (χ2v) is 3.00. The van der Waals surface area contributed by atoms with Crippen molar-refractivity contribution < 1.29 is 19.1 Å². The van der Waals surface area contributed by atoms with Gasteiger partial charge >= 0.3 is 11.9 Å². The molecule has 0 amide bonds. The molecule has 0 saturated carbocycles. The topological polar surface area (TPSA) is 74.6 Å². The molecule has 0 bridgehead atoms. The molecule has 86 valence electrons. The van der Waals surface area contributed by atoms with Crippen molar-refractivity contribution in [2.24, 2.45) is 7.05 Å². The van der Waals surface area contributed by atoms with Gasteiger partial charge in [-0.1, -0.05) is 0 Å². The summed E-state index contributed by atoms with van der Waals surface area (Å²) >= 11 is 0. The molecule has 6 nitrogen and oxygen atoms in total. The van der Waals surface area contributed by atoms with Crippen LogP contribution < -0.4 is 5.43 Å². The molecule has 1 rings (SSSR count). The number of nitrogens with zero attached hydrogens (tertiary/aromatic N) is 1. The number of carbonyl (C=O) groups excluding carboxylic acids is 2. The third kappa shape index (κ3) is 2.10. The molecule has 1 heterocycles. The Morgan fingerprint density at radius 3 is 1.75 bits per heavy atom. The zero-order valence-electron chi connectivity index (χ0n) is 9.14. The van der Waals surface area contributed by atoms with Crippen LogP contribution in [0, 0.1) is 0 Å². The van der Waals surface area contributed by atoms with Gasteiger partial charge in [-0.25, -0.2) is 9.59 Å². The summed E-state index contributed by atoms with van der Waals surface area (Å²) in [7, 11) is 3.85. The van der Waals surface area contributed by atoms with E-state index in [1.807, 2.05) is 0 Å². The van der Waals surface area contributed by atoms with E-state index in [4.69, 9.17) is 0 Å². The van der Waals surface area contributed by atoms with E-state index in [0.717, 1.165) is 12.1 Å². The number of rotatable bonds is 2. The van der Waals surface area contributed by atoms with Gasteiger partial charge in [-0.05, 0) is 0 Å². The third-order valence-corrected chi connectivity index (χ3v) is 2.07. The number of hydrogen-bond acceptors (Lipinski definition) is 5. The molecule has 0 spiro atoms. The van der Waals surface area contributed by atoms with Crippen LogP contribution in [0.2, 0.25) is 0 Å². The first kappa shape index (κ1) is 12.0. The van der Waals surface area contributed by atoms with Crippen LogP contribution in [0.1, 0.15) is 21.0 Å². The van der Waals surface area contributed by atoms with E-state index in [-0.39, 0.29) is 11.4 Å². The predicted molar refractivity (Wildman–Crippen MR) is 54.4 cm³/mol. The Labute approximate surface area is 91.4 Å². The number of carbonyl (C=O) groups is 2. The fraction of sp³-hybridized carbons (Fsp3) is 0.300. The average Bonchev–Trinajstić information content (AvgIpc) is 2.29. The SMILES string of the molecule is COC(=O)c1cc(=O)cc(C(=O)OC)n1C. The van der Waals surface area contributed by atoms with Crippen LogP contribution in [0.25, 0.3) is 0 Å². The second kappa shape index (κ2) is 4.61. The number of pyridine rings is 1. The third-order valence-electron chi connectivity index (χ3n) is 2.07. The first-order valence-electron chi connectivity index (χ1n) is 4.39. The highest BCUT2D eigenvalue weighted by atomic mass is 16.5. The Bertz CT molecular complexity index is 448. The number of methoxy groups -OCH3 is 2. The summed E-state index contributed by atoms with van der Waals surface area (Å²) in [5.74, 6) is -1.38. The van der Waals surface area contributed by atoms with E-state index in [2.05, 4.69) is 9.47 Å². The maximum atomic E-state index is 11.3. The zero-order valence-corrected chi connectivity index (χ0v) is 9.14. The van der Waals surface area contributed by atoms with Gasteiger partial charge in [0.2, 0.25) is 0 Å². The highest BCUT2D eigenvalue weighted by Gasteiger charge is 2.17. The fourth-order valence-electron chi connectivity index (χ4n) is 1.24. The van der Waals surface area contributed by atoms with Gasteiger partial charge in [-0.2, -0.15) is 0 Å². The van der Waals surface area contributed by atoms with Gasteiger partial charge in [0, 0.05) is 19.2 Å². The lowest BCUT2D eigenvalue weighted by atomic mass is 10.2. The van der Waals surface area contributed by atoms with E-state index in [0.29, 0.717) is 0 Å². The van der Waals surface area contributed by atoms with Gasteiger partial charge < -0.3 is 14.0 Å². The van der Waals surface area contributed by atoms with Crippen LogP contribution in [0.4, 0.5) is 0 Å². The van der Waals surface area contributed by atoms with Crippen LogP contribution in [0.3, 0.4) is 0 Å². The number of hydrogen-bond donors (Lipinski definition) is 0. The summed E-state index contributed by atoms with van der Waals surface area (Å²) in [6.45, 7) is 0. The maximum Gasteiger partial charge on any atom is 0.354 e. The normalized spacial score (nSPS) is 9.69. The number of aromatic nitrogens is 1. The second-order valence-electron chi connectivity index (χ2n) is 3.00. The summed E-state index contributed by atoms with van der Waals surface area (Å²) < 4.78 is 10.2. The van der Waals surface area contributed by atoms with Gasteiger partial charge in [0.05, 0.1) is 14.2 Å². The first-order valence-corrected chi connectivity index (χ1v) is 4.39. The molecule has 0 radical (unpaired) electrons. The van der Waals surface area contributed by atoms with Crippen molar-refractivity contribution in [2.45, 2.75) is 0 Å². The highest BCUT2D eigenvalue weighted by molar-refractivity contribution is 5.92. The standard InChI is InChI=1S/C10H11NO5/c1-11-7(9(13)15-2)4-6(12)5-8(11)10(14)16-3/h4-5H,1-3H3. The van der Waals surface area contributed by atoms with Crippen LogP contribution in [-0.2, 0) is 16.5 Å². The van der Waals surface area contributed by atoms with Crippen LogP contribution >= 0.6 is 0 Å². The summed E-state index contributed by atoms with van der Waals surface area (Å²) in [6.07, 6.45) is 0. The predicted octanol–water partition coefficient (Wildman–Crippen LogP) is -0.0415. The lowest BCUT2D eigenvalue weighted by Crippen LogP contribution is -2.22. The summed E-state index contributed by atoms with van der Waals surface area (Å²) in [4.78, 5) is 33.9. The van der Waals surface area contributed by atoms with E-state index in [1.165, 1.54) is 25.8 Å². The summed E-state index contributed by atoms with van der Waals surface area (Å²) in [5, 5.41) is 0. The largest absolute Gasteiger partial charge is 0.464 e. The molecule has 0 aliphatic carbocycles. The smallest absolute Gasteiger partial charge is 0.354 e. The van der Waals surface area contributed by atoms with Gasteiger partial charge in [0.15, 0.2) is 5.43 Å². The van der Waals surface area contributed by atoms with Crippen LogP contribution in [0.5, 0.6) is 0 Å². The Morgan fingerprint density at radius 1 is 1.06 bits per heavy atom. The zero-order chi connectivity index (χ0) is 12.3. The van der Waals surface area contributed by atoms with Crippen LogP contribution in [-0.4, -0.2) is 30.7 Å². The quantitative estimate of drug-likeness (QED) is 0.660. The Hall–Kier alpha value is -2.11. The van der Waals surface area contributed by atoms with Gasteiger partial charge in [-0.3, -0.25) is 4.79 Å². The summed E-state index contributed by atoms with van der Waals surface area (Å²) in [5.41, 5.74) is -0.468. The first-order chi connectivity index (χ1) is 7.51. The lowest BCUT2D eigenvalue weighted by molar-refractivity contribution is 0.0575. The molecule has 0 unspecified atom stereocenters. The van der Waals surface area contributed by atoms with Crippen molar-refractivity contribution in [3.05, 3.63) is 33.7 Å². The monoisotopic (exact) mass is 225 g/mol. The molecule has 0 fully saturated rings. The maximum absolute atomic E-state index is 11.3. The molecular weight excluding hydrogens is 214 g/mol. The van der Waals surface area contributed by atoms with E-state index in [1.54, 1.807) is 0 Å². The molecule has 1 aromatic rings. The molecular formula is C10H11NO5. The molecule has 0 aromatic carbocycles. The average molecular weight is 225 g/mol. The minimum atomic E-state index is -0.689. The molecule has 0 atom stereocenters. The van der Waals surface area contributed by atoms with Gasteiger partial charge in [0.25, 0.3) is 0 Å². The minimum Gasteiger partial charge on any atom is -0.464 e. The minimum absolute atomic E-state index is 0.00426. The van der Waals surface area contributed by atoms with Gasteiger partial charge in [0.1, 0.15) is 11.4 Å². The molecule has 16 heavy (non-hydrogen) atoms. The molecule has 0 aliphatic rings. The molecule has 6 heteroatoms. The highest BCUT2D eigenvalue weighted by Crippen LogP contribution is 2.04. The van der Waals surface area contributed by atoms with E-state index < -0.39 is 17.4 Å². The van der Waals surface area contributed by atoms with Crippen molar-refractivity contribution in [3.63, 3.8) is 0 Å². The summed E-state index contributed by atoms with van der Waals surface area (Å²) in [6, 6.07) is 2.19. The van der Waals surface area contributed by atoms with Crippen molar-refractivity contribution in [2.75, 3.05) is 14.2 Å². The van der Waals surface area contributed by atoms with E-state index >= 15 is 0 Å². The number of esters is 2. The molecule has 0 N–H and O–H groups in total. The Kier molecular flexibility index (Phi) is 3.44. The molecule has 1 aromatic heterocycles. The van der Waals surface area contributed by atoms with Crippen molar-refractivity contribution in [1.29, 1.82) is 0 Å². The van der Waals surface area contributed by atoms with Gasteiger partial charge in [-0.15, -0.1) is 0 Å². The molecule has 0 saturated heterocycles. The van der Waals surface area contributed by atoms with Crippen molar-refractivity contribution in [1.82, 2.24) is 4.57 Å². The Morgan fingerprint density at radius 2 is 1.44 bits per heavy atom.